The minimum Gasteiger partial charge on any atom is -0.390 e. The van der Waals surface area contributed by atoms with Crippen LogP contribution in [0.1, 0.15) is 5.56 Å². The molecular formula is C12H8FN5O2. The molecule has 3 aromatic rings. The first-order chi connectivity index (χ1) is 9.65. The Morgan fingerprint density at radius 3 is 2.90 bits per heavy atom. The number of nitro groups is 1. The fraction of sp³-hybridized carbons (Fsp3) is 0.0833. The lowest BCUT2D eigenvalue weighted by atomic mass is 10.1. The Balaban J connectivity index is 2.02. The van der Waals surface area contributed by atoms with Crippen LogP contribution in [0.4, 0.5) is 10.3 Å². The van der Waals surface area contributed by atoms with E-state index in [9.17, 15) is 14.5 Å². The topological polar surface area (TPSA) is 86.7 Å². The van der Waals surface area contributed by atoms with E-state index in [-0.39, 0.29) is 12.4 Å². The van der Waals surface area contributed by atoms with Crippen LogP contribution in [0, 0.1) is 15.9 Å². The standard InChI is InChI=1S/C12H8FN5O2/c13-10-4-3-8(11-9(10)2-1-5-14-11)6-17-7-15-12(16-17)18(19)20/h1-5,7H,6H2. The van der Waals surface area contributed by atoms with Crippen molar-refractivity contribution in [1.29, 1.82) is 0 Å². The van der Waals surface area contributed by atoms with Gasteiger partial charge in [-0.2, -0.15) is 4.68 Å². The zero-order valence-corrected chi connectivity index (χ0v) is 10.1. The zero-order valence-electron chi connectivity index (χ0n) is 10.1. The molecule has 2 heterocycles. The molecule has 0 unspecified atom stereocenters. The maximum atomic E-state index is 13.7. The van der Waals surface area contributed by atoms with Crippen LogP contribution >= 0.6 is 0 Å². The van der Waals surface area contributed by atoms with Crippen molar-refractivity contribution in [3.8, 4) is 0 Å². The van der Waals surface area contributed by atoms with Gasteiger partial charge in [-0.05, 0) is 23.1 Å². The van der Waals surface area contributed by atoms with Crippen LogP contribution in [0.5, 0.6) is 0 Å². The van der Waals surface area contributed by atoms with Gasteiger partial charge in [-0.3, -0.25) is 4.98 Å². The molecule has 1 aromatic carbocycles. The molecule has 100 valence electrons. The van der Waals surface area contributed by atoms with Crippen molar-refractivity contribution in [3.05, 3.63) is 58.3 Å². The molecule has 3 rings (SSSR count). The summed E-state index contributed by atoms with van der Waals surface area (Å²) in [6, 6.07) is 6.20. The third-order valence-electron chi connectivity index (χ3n) is 2.82. The molecule has 7 nitrogen and oxygen atoms in total. The number of pyridine rings is 1. The first kappa shape index (κ1) is 12.2. The van der Waals surface area contributed by atoms with Gasteiger partial charge in [0.1, 0.15) is 5.82 Å². The van der Waals surface area contributed by atoms with Crippen molar-refractivity contribution in [2.45, 2.75) is 6.54 Å². The molecule has 0 aliphatic heterocycles. The van der Waals surface area contributed by atoms with Gasteiger partial charge in [-0.15, -0.1) is 0 Å². The van der Waals surface area contributed by atoms with Crippen LogP contribution in [-0.4, -0.2) is 24.7 Å². The molecule has 8 heteroatoms. The number of hydrogen-bond acceptors (Lipinski definition) is 5. The van der Waals surface area contributed by atoms with Crippen LogP contribution in [0.2, 0.25) is 0 Å². The van der Waals surface area contributed by atoms with Gasteiger partial charge in [-0.1, -0.05) is 11.1 Å². The molecular weight excluding hydrogens is 265 g/mol. The van der Waals surface area contributed by atoms with Gasteiger partial charge in [0, 0.05) is 22.2 Å². The van der Waals surface area contributed by atoms with E-state index in [2.05, 4.69) is 15.1 Å². The van der Waals surface area contributed by atoms with Gasteiger partial charge in [0.05, 0.1) is 12.1 Å². The summed E-state index contributed by atoms with van der Waals surface area (Å²) in [7, 11) is 0. The van der Waals surface area contributed by atoms with Crippen LogP contribution in [0.3, 0.4) is 0 Å². The number of halogens is 1. The Kier molecular flexibility index (Phi) is 2.82. The molecule has 0 aliphatic carbocycles. The molecule has 0 aliphatic rings. The maximum absolute atomic E-state index is 13.7. The van der Waals surface area contributed by atoms with Gasteiger partial charge in [0.15, 0.2) is 0 Å². The largest absolute Gasteiger partial charge is 0.490 e. The van der Waals surface area contributed by atoms with Crippen LogP contribution in [0.25, 0.3) is 10.9 Å². The van der Waals surface area contributed by atoms with Gasteiger partial charge in [0.2, 0.25) is 6.33 Å². The van der Waals surface area contributed by atoms with Crippen LogP contribution < -0.4 is 0 Å². The monoisotopic (exact) mass is 273 g/mol. The lowest BCUT2D eigenvalue weighted by Crippen LogP contribution is -2.03. The highest BCUT2D eigenvalue weighted by atomic mass is 19.1. The maximum Gasteiger partial charge on any atom is 0.490 e. The molecule has 0 spiro atoms. The summed E-state index contributed by atoms with van der Waals surface area (Å²) in [4.78, 5) is 17.6. The first-order valence-electron chi connectivity index (χ1n) is 5.71. The highest BCUT2D eigenvalue weighted by Crippen LogP contribution is 2.20. The van der Waals surface area contributed by atoms with Crippen LogP contribution in [-0.2, 0) is 6.54 Å². The summed E-state index contributed by atoms with van der Waals surface area (Å²) in [5.74, 6) is -0.828. The summed E-state index contributed by atoms with van der Waals surface area (Å²) in [5, 5.41) is 14.7. The number of rotatable bonds is 3. The minimum atomic E-state index is -0.669. The van der Waals surface area contributed by atoms with Crippen molar-refractivity contribution in [3.63, 3.8) is 0 Å². The number of benzene rings is 1. The second-order valence-electron chi connectivity index (χ2n) is 4.11. The Hall–Kier alpha value is -2.90. The lowest BCUT2D eigenvalue weighted by molar-refractivity contribution is -0.394. The van der Waals surface area contributed by atoms with Gasteiger partial charge < -0.3 is 10.1 Å². The molecule has 0 fully saturated rings. The third kappa shape index (κ3) is 2.07. The van der Waals surface area contributed by atoms with E-state index < -0.39 is 10.9 Å². The smallest absolute Gasteiger partial charge is 0.390 e. The average molecular weight is 273 g/mol. The number of nitrogens with zero attached hydrogens (tertiary/aromatic N) is 5. The fourth-order valence-corrected chi connectivity index (χ4v) is 1.94. The molecule has 0 atom stereocenters. The summed E-state index contributed by atoms with van der Waals surface area (Å²) in [6.45, 7) is 0.231. The molecule has 20 heavy (non-hydrogen) atoms. The van der Waals surface area contributed by atoms with Crippen molar-refractivity contribution in [2.24, 2.45) is 0 Å². The van der Waals surface area contributed by atoms with Crippen LogP contribution in [0.15, 0.2) is 36.8 Å². The van der Waals surface area contributed by atoms with E-state index in [0.717, 1.165) is 0 Å². The number of hydrogen-bond donors (Lipinski definition) is 0. The number of fused-ring (bicyclic) bond motifs is 1. The summed E-state index contributed by atoms with van der Waals surface area (Å²) in [6.07, 6.45) is 2.82. The predicted octanol–water partition coefficient (Wildman–Crippen LogP) is 1.92. The normalized spacial score (nSPS) is 10.8. The van der Waals surface area contributed by atoms with E-state index in [1.165, 1.54) is 17.1 Å². The van der Waals surface area contributed by atoms with E-state index >= 15 is 0 Å². The molecule has 0 amide bonds. The Labute approximate surface area is 111 Å². The molecule has 0 N–H and O–H groups in total. The van der Waals surface area contributed by atoms with E-state index in [1.807, 2.05) is 0 Å². The van der Waals surface area contributed by atoms with E-state index in [1.54, 1.807) is 24.4 Å². The van der Waals surface area contributed by atoms with Gasteiger partial charge >= 0.3 is 5.95 Å². The lowest BCUT2D eigenvalue weighted by Gasteiger charge is -2.04. The molecule has 0 saturated carbocycles. The second-order valence-corrected chi connectivity index (χ2v) is 4.11. The third-order valence-corrected chi connectivity index (χ3v) is 2.82. The number of aromatic nitrogens is 4. The molecule has 0 saturated heterocycles. The zero-order chi connectivity index (χ0) is 14.1. The summed E-state index contributed by atoms with van der Waals surface area (Å²) >= 11 is 0. The molecule has 2 aromatic heterocycles. The fourth-order valence-electron chi connectivity index (χ4n) is 1.94. The van der Waals surface area contributed by atoms with E-state index in [4.69, 9.17) is 0 Å². The van der Waals surface area contributed by atoms with Crippen molar-refractivity contribution in [2.75, 3.05) is 0 Å². The average Bonchev–Trinajstić information content (AvgIpc) is 2.91. The van der Waals surface area contributed by atoms with Crippen molar-refractivity contribution < 1.29 is 9.31 Å². The highest BCUT2D eigenvalue weighted by Gasteiger charge is 2.15. The Morgan fingerprint density at radius 2 is 2.15 bits per heavy atom. The molecule has 0 bridgehead atoms. The minimum absolute atomic E-state index is 0.231. The highest BCUT2D eigenvalue weighted by molar-refractivity contribution is 5.82. The van der Waals surface area contributed by atoms with Crippen molar-refractivity contribution in [1.82, 2.24) is 19.7 Å². The summed E-state index contributed by atoms with van der Waals surface area (Å²) < 4.78 is 15.0. The SMILES string of the molecule is O=[N+]([O-])c1ncn(Cc2ccc(F)c3cccnc23)n1. The summed E-state index contributed by atoms with van der Waals surface area (Å²) in [5.41, 5.74) is 1.22. The predicted molar refractivity (Wildman–Crippen MR) is 67.5 cm³/mol. The van der Waals surface area contributed by atoms with Gasteiger partial charge in [0.25, 0.3) is 0 Å². The Morgan fingerprint density at radius 1 is 1.30 bits per heavy atom. The quantitative estimate of drug-likeness (QED) is 0.537. The van der Waals surface area contributed by atoms with E-state index in [0.29, 0.717) is 16.5 Å². The van der Waals surface area contributed by atoms with Crippen molar-refractivity contribution >= 4 is 16.9 Å². The molecule has 0 radical (unpaired) electrons. The Bertz CT molecular complexity index is 801. The van der Waals surface area contributed by atoms with Gasteiger partial charge in [-0.25, -0.2) is 4.39 Å². The second kappa shape index (κ2) is 4.65. The first-order valence-corrected chi connectivity index (χ1v) is 5.71.